The fourth-order valence-electron chi connectivity index (χ4n) is 1.75. The summed E-state index contributed by atoms with van der Waals surface area (Å²) >= 11 is 0. The van der Waals surface area contributed by atoms with Gasteiger partial charge in [0.1, 0.15) is 18.5 Å². The van der Waals surface area contributed by atoms with Crippen molar-refractivity contribution in [1.82, 2.24) is 4.90 Å². The van der Waals surface area contributed by atoms with E-state index >= 15 is 0 Å². The minimum atomic E-state index is -2.65. The summed E-state index contributed by atoms with van der Waals surface area (Å²) in [5.41, 5.74) is -1.04. The van der Waals surface area contributed by atoms with Crippen LogP contribution in [0.3, 0.4) is 0 Å². The van der Waals surface area contributed by atoms with Crippen LogP contribution in [0.25, 0.3) is 0 Å². The standard InChI is InChI=1S/C13H22NO6P/c1-10(16)6-13(2,3)20-12(18)14(7-11(17)8-15)9-21(4,5)19/h8H,6-7,9H2,1-5H3. The quantitative estimate of drug-likeness (QED) is 0.382. The van der Waals surface area contributed by atoms with Crippen molar-refractivity contribution in [3.63, 3.8) is 0 Å². The molecule has 0 atom stereocenters. The first-order chi connectivity index (χ1) is 9.36. The van der Waals surface area contributed by atoms with Gasteiger partial charge >= 0.3 is 6.09 Å². The van der Waals surface area contributed by atoms with Crippen LogP contribution in [0.15, 0.2) is 0 Å². The molecule has 0 unspecified atom stereocenters. The van der Waals surface area contributed by atoms with Gasteiger partial charge in [-0.3, -0.25) is 19.3 Å². The molecule has 21 heavy (non-hydrogen) atoms. The highest BCUT2D eigenvalue weighted by Crippen LogP contribution is 2.36. The van der Waals surface area contributed by atoms with Crippen LogP contribution in [0.2, 0.25) is 0 Å². The Morgan fingerprint density at radius 2 is 1.76 bits per heavy atom. The molecule has 7 nitrogen and oxygen atoms in total. The van der Waals surface area contributed by atoms with Crippen molar-refractivity contribution in [2.75, 3.05) is 26.2 Å². The third kappa shape index (κ3) is 9.13. The molecule has 0 saturated carbocycles. The lowest BCUT2D eigenvalue weighted by Crippen LogP contribution is -2.42. The third-order valence-electron chi connectivity index (χ3n) is 2.29. The van der Waals surface area contributed by atoms with Crippen molar-refractivity contribution >= 4 is 31.1 Å². The molecule has 0 aromatic rings. The van der Waals surface area contributed by atoms with Crippen molar-refractivity contribution in [3.05, 3.63) is 0 Å². The molecular weight excluding hydrogens is 297 g/mol. The summed E-state index contributed by atoms with van der Waals surface area (Å²) < 4.78 is 17.0. The molecule has 1 amide bonds. The molecule has 0 spiro atoms. The lowest BCUT2D eigenvalue weighted by atomic mass is 10.0. The van der Waals surface area contributed by atoms with Gasteiger partial charge < -0.3 is 9.30 Å². The van der Waals surface area contributed by atoms with Gasteiger partial charge in [0.15, 0.2) is 6.29 Å². The molecule has 0 aliphatic heterocycles. The van der Waals surface area contributed by atoms with Crippen molar-refractivity contribution in [2.24, 2.45) is 0 Å². The number of hydrogen-bond donors (Lipinski definition) is 0. The number of aldehydes is 1. The zero-order valence-corrected chi connectivity index (χ0v) is 13.9. The lowest BCUT2D eigenvalue weighted by Gasteiger charge is -2.29. The molecule has 0 saturated heterocycles. The molecule has 0 N–H and O–H groups in total. The van der Waals surface area contributed by atoms with Crippen LogP contribution in [-0.2, 0) is 23.7 Å². The number of ether oxygens (including phenoxy) is 1. The lowest BCUT2D eigenvalue weighted by molar-refractivity contribution is -0.130. The van der Waals surface area contributed by atoms with Gasteiger partial charge in [0.05, 0.1) is 12.8 Å². The molecule has 0 aromatic carbocycles. The number of carbonyl (C=O) groups is 4. The zero-order valence-electron chi connectivity index (χ0n) is 13.0. The normalized spacial score (nSPS) is 11.7. The van der Waals surface area contributed by atoms with Crippen molar-refractivity contribution in [3.8, 4) is 0 Å². The Morgan fingerprint density at radius 1 is 1.24 bits per heavy atom. The Labute approximate surface area is 124 Å². The molecule has 8 heteroatoms. The van der Waals surface area contributed by atoms with Crippen LogP contribution in [0.4, 0.5) is 4.79 Å². The highest BCUT2D eigenvalue weighted by Gasteiger charge is 2.30. The maximum atomic E-state index is 12.1. The number of Topliss-reactive ketones (excluding diaryl/α,β-unsaturated/α-hetero) is 2. The van der Waals surface area contributed by atoms with Gasteiger partial charge in [0, 0.05) is 6.42 Å². The molecule has 0 bridgehead atoms. The summed E-state index contributed by atoms with van der Waals surface area (Å²) in [4.78, 5) is 45.7. The molecule has 120 valence electrons. The Morgan fingerprint density at radius 3 is 2.14 bits per heavy atom. The Bertz CT molecular complexity index is 479. The SMILES string of the molecule is CC(=O)CC(C)(C)OC(=O)N(CC(=O)C=O)CP(C)(C)=O. The Balaban J connectivity index is 5.02. The predicted octanol–water partition coefficient (Wildman–Crippen LogP) is 1.53. The largest absolute Gasteiger partial charge is 0.443 e. The fraction of sp³-hybridized carbons (Fsp3) is 0.692. The molecule has 0 rings (SSSR count). The molecular formula is C13H22NO6P. The van der Waals surface area contributed by atoms with Gasteiger partial charge in [-0.15, -0.1) is 0 Å². The molecule has 0 radical (unpaired) electrons. The van der Waals surface area contributed by atoms with E-state index < -0.39 is 31.2 Å². The highest BCUT2D eigenvalue weighted by molar-refractivity contribution is 7.62. The summed E-state index contributed by atoms with van der Waals surface area (Å²) in [6, 6.07) is 0. The topological polar surface area (TPSA) is 97.8 Å². The van der Waals surface area contributed by atoms with E-state index in [1.54, 1.807) is 13.8 Å². The third-order valence-corrected chi connectivity index (χ3v) is 3.31. The molecule has 0 aliphatic carbocycles. The van der Waals surface area contributed by atoms with Crippen LogP contribution in [0.5, 0.6) is 0 Å². The van der Waals surface area contributed by atoms with E-state index in [1.165, 1.54) is 20.3 Å². The van der Waals surface area contributed by atoms with Crippen LogP contribution >= 0.6 is 7.14 Å². The maximum absolute atomic E-state index is 12.1. The van der Waals surface area contributed by atoms with Gasteiger partial charge in [0.2, 0.25) is 5.78 Å². The minimum Gasteiger partial charge on any atom is -0.443 e. The summed E-state index contributed by atoms with van der Waals surface area (Å²) in [6.45, 7) is 6.91. The van der Waals surface area contributed by atoms with Crippen LogP contribution in [-0.4, -0.2) is 60.6 Å². The zero-order chi connectivity index (χ0) is 16.8. The second kappa shape index (κ2) is 7.50. The van der Waals surface area contributed by atoms with Crippen LogP contribution in [0.1, 0.15) is 27.2 Å². The number of amides is 1. The summed E-state index contributed by atoms with van der Waals surface area (Å²) in [5.74, 6) is -0.968. The second-order valence-corrected chi connectivity index (χ2v) is 9.43. The summed E-state index contributed by atoms with van der Waals surface area (Å²) in [5, 5.41) is 0. The van der Waals surface area contributed by atoms with Crippen LogP contribution < -0.4 is 0 Å². The van der Waals surface area contributed by atoms with Gasteiger partial charge in [-0.05, 0) is 34.1 Å². The van der Waals surface area contributed by atoms with E-state index in [4.69, 9.17) is 4.74 Å². The van der Waals surface area contributed by atoms with Gasteiger partial charge in [0.25, 0.3) is 0 Å². The Hall–Kier alpha value is -1.49. The van der Waals surface area contributed by atoms with E-state index in [0.29, 0.717) is 0 Å². The van der Waals surface area contributed by atoms with E-state index in [9.17, 15) is 23.7 Å². The Kier molecular flexibility index (Phi) is 6.97. The smallest absolute Gasteiger partial charge is 0.411 e. The van der Waals surface area contributed by atoms with E-state index in [2.05, 4.69) is 0 Å². The number of nitrogens with zero attached hydrogens (tertiary/aromatic N) is 1. The summed E-state index contributed by atoms with van der Waals surface area (Å²) in [7, 11) is -2.65. The first-order valence-corrected chi connectivity index (χ1v) is 9.14. The van der Waals surface area contributed by atoms with Crippen LogP contribution in [0, 0.1) is 0 Å². The molecule has 0 heterocycles. The van der Waals surface area contributed by atoms with E-state index in [0.717, 1.165) is 4.90 Å². The van der Waals surface area contributed by atoms with E-state index in [1.807, 2.05) is 0 Å². The summed E-state index contributed by atoms with van der Waals surface area (Å²) in [6.07, 6.45) is -0.941. The first-order valence-electron chi connectivity index (χ1n) is 6.35. The highest BCUT2D eigenvalue weighted by atomic mass is 31.2. The molecule has 0 aliphatic rings. The van der Waals surface area contributed by atoms with Gasteiger partial charge in [-0.2, -0.15) is 0 Å². The second-order valence-electron chi connectivity index (χ2n) is 6.00. The van der Waals surface area contributed by atoms with Crippen molar-refractivity contribution in [1.29, 1.82) is 0 Å². The van der Waals surface area contributed by atoms with E-state index in [-0.39, 0.29) is 24.8 Å². The number of ketones is 2. The monoisotopic (exact) mass is 319 g/mol. The number of hydrogen-bond acceptors (Lipinski definition) is 6. The average molecular weight is 319 g/mol. The molecule has 0 aromatic heterocycles. The van der Waals surface area contributed by atoms with Crippen molar-refractivity contribution in [2.45, 2.75) is 32.8 Å². The van der Waals surface area contributed by atoms with Gasteiger partial charge in [-0.25, -0.2) is 4.79 Å². The maximum Gasteiger partial charge on any atom is 0.411 e. The average Bonchev–Trinajstić information content (AvgIpc) is 2.23. The molecule has 0 fully saturated rings. The predicted molar refractivity (Wildman–Crippen MR) is 78.0 cm³/mol. The first kappa shape index (κ1) is 19.5. The fourth-order valence-corrected chi connectivity index (χ4v) is 2.78. The number of rotatable bonds is 8. The van der Waals surface area contributed by atoms with Gasteiger partial charge in [-0.1, -0.05) is 0 Å². The van der Waals surface area contributed by atoms with Crippen molar-refractivity contribution < 1.29 is 28.5 Å². The minimum absolute atomic E-state index is 0.0180. The number of carbonyl (C=O) groups excluding carboxylic acids is 4.